The van der Waals surface area contributed by atoms with Crippen LogP contribution >= 0.6 is 0 Å². The second-order valence-corrected chi connectivity index (χ2v) is 4.76. The van der Waals surface area contributed by atoms with Gasteiger partial charge < -0.3 is 5.21 Å². The summed E-state index contributed by atoms with van der Waals surface area (Å²) >= 11 is 0. The number of nitro benzene ring substituents is 1. The van der Waals surface area contributed by atoms with Gasteiger partial charge in [-0.05, 0) is 29.8 Å². The van der Waals surface area contributed by atoms with Crippen molar-refractivity contribution in [2.45, 2.75) is 0 Å². The number of hydrogen-bond donors (Lipinski definition) is 1. The Morgan fingerprint density at radius 3 is 2.57 bits per heavy atom. The van der Waals surface area contributed by atoms with Gasteiger partial charge in [-0.1, -0.05) is 18.2 Å². The topological polar surface area (TPSA) is 93.0 Å². The molecule has 0 radical (unpaired) electrons. The Balaban J connectivity index is 1.94. The van der Waals surface area contributed by atoms with Crippen molar-refractivity contribution in [1.29, 1.82) is 0 Å². The molecular weight excluding hydrogens is 296 g/mol. The van der Waals surface area contributed by atoms with Crippen molar-refractivity contribution in [3.63, 3.8) is 0 Å². The lowest BCUT2D eigenvalue weighted by Crippen LogP contribution is -2.07. The highest BCUT2D eigenvalue weighted by Crippen LogP contribution is 2.10. The van der Waals surface area contributed by atoms with Gasteiger partial charge >= 0.3 is 0 Å². The number of aromatic nitrogens is 1. The van der Waals surface area contributed by atoms with Crippen LogP contribution in [0.1, 0.15) is 5.56 Å². The zero-order valence-electron chi connectivity index (χ0n) is 11.9. The lowest BCUT2D eigenvalue weighted by Gasteiger charge is -2.02. The van der Waals surface area contributed by atoms with E-state index >= 15 is 0 Å². The van der Waals surface area contributed by atoms with E-state index in [-0.39, 0.29) is 5.69 Å². The first kappa shape index (κ1) is 14.5. The molecule has 1 aromatic heterocycles. The highest BCUT2D eigenvalue weighted by Gasteiger charge is 2.02. The fraction of sp³-hybridized carbons (Fsp3) is 0. The van der Waals surface area contributed by atoms with Gasteiger partial charge in [-0.25, -0.2) is 0 Å². The number of hydrogen-bond acceptors (Lipinski definition) is 5. The van der Waals surface area contributed by atoms with Gasteiger partial charge in [0.25, 0.3) is 5.69 Å². The standard InChI is InChI=1S/C16H12N4O3/c21-19-10-9-15(14-3-1-2-4-16(14)19)18-17-11-12-5-7-13(8-6-12)20(22)23/h1-11,21H/b17-11+,18-15+. The first-order chi connectivity index (χ1) is 11.1. The second-order valence-electron chi connectivity index (χ2n) is 4.76. The Bertz CT molecular complexity index is 959. The van der Waals surface area contributed by atoms with Crippen molar-refractivity contribution in [1.82, 2.24) is 4.73 Å². The number of nitrogens with zero attached hydrogens (tertiary/aromatic N) is 4. The predicted molar refractivity (Wildman–Crippen MR) is 85.4 cm³/mol. The van der Waals surface area contributed by atoms with Crippen LogP contribution in [0.2, 0.25) is 0 Å². The molecule has 0 fully saturated rings. The van der Waals surface area contributed by atoms with Crippen LogP contribution in [-0.2, 0) is 0 Å². The van der Waals surface area contributed by atoms with E-state index in [9.17, 15) is 15.3 Å². The molecule has 0 saturated heterocycles. The minimum Gasteiger partial charge on any atom is -0.428 e. The molecule has 0 spiro atoms. The lowest BCUT2D eigenvalue weighted by molar-refractivity contribution is -0.384. The molecule has 7 heteroatoms. The molecule has 114 valence electrons. The average molecular weight is 308 g/mol. The Kier molecular flexibility index (Phi) is 3.84. The molecule has 3 rings (SSSR count). The third-order valence-electron chi connectivity index (χ3n) is 3.28. The smallest absolute Gasteiger partial charge is 0.269 e. The zero-order chi connectivity index (χ0) is 16.2. The molecule has 7 nitrogen and oxygen atoms in total. The van der Waals surface area contributed by atoms with Gasteiger partial charge in [0.15, 0.2) is 0 Å². The molecule has 0 saturated carbocycles. The maximum atomic E-state index is 10.6. The van der Waals surface area contributed by atoms with E-state index < -0.39 is 4.92 Å². The third-order valence-corrected chi connectivity index (χ3v) is 3.28. The van der Waals surface area contributed by atoms with E-state index in [1.807, 2.05) is 18.2 Å². The van der Waals surface area contributed by atoms with Crippen molar-refractivity contribution in [2.24, 2.45) is 10.2 Å². The van der Waals surface area contributed by atoms with Crippen LogP contribution in [0, 0.1) is 10.1 Å². The van der Waals surface area contributed by atoms with Crippen LogP contribution in [0.15, 0.2) is 71.0 Å². The van der Waals surface area contributed by atoms with E-state index in [0.717, 1.165) is 10.1 Å². The highest BCUT2D eigenvalue weighted by atomic mass is 16.6. The van der Waals surface area contributed by atoms with Crippen molar-refractivity contribution in [3.05, 3.63) is 81.8 Å². The minimum absolute atomic E-state index is 0.0284. The number of para-hydroxylation sites is 1. The summed E-state index contributed by atoms with van der Waals surface area (Å²) in [6, 6.07) is 14.9. The van der Waals surface area contributed by atoms with Gasteiger partial charge in [0.1, 0.15) is 0 Å². The van der Waals surface area contributed by atoms with Crippen LogP contribution in [-0.4, -0.2) is 21.1 Å². The van der Waals surface area contributed by atoms with Crippen molar-refractivity contribution < 1.29 is 10.1 Å². The predicted octanol–water partition coefficient (Wildman–Crippen LogP) is 2.72. The van der Waals surface area contributed by atoms with Crippen molar-refractivity contribution in [2.75, 3.05) is 0 Å². The molecule has 1 N–H and O–H groups in total. The van der Waals surface area contributed by atoms with Gasteiger partial charge in [-0.15, -0.1) is 0 Å². The molecule has 0 bridgehead atoms. The monoisotopic (exact) mass is 308 g/mol. The van der Waals surface area contributed by atoms with Gasteiger partial charge in [0, 0.05) is 23.7 Å². The summed E-state index contributed by atoms with van der Waals surface area (Å²) in [6.45, 7) is 0. The van der Waals surface area contributed by atoms with Gasteiger partial charge in [-0.3, -0.25) is 10.1 Å². The maximum Gasteiger partial charge on any atom is 0.269 e. The number of non-ortho nitro benzene ring substituents is 1. The normalized spacial score (nSPS) is 12.1. The Hall–Kier alpha value is -3.48. The molecule has 23 heavy (non-hydrogen) atoms. The van der Waals surface area contributed by atoms with E-state index in [4.69, 9.17) is 0 Å². The number of fused-ring (bicyclic) bond motifs is 1. The first-order valence-electron chi connectivity index (χ1n) is 6.76. The van der Waals surface area contributed by atoms with Crippen molar-refractivity contribution >= 4 is 22.8 Å². The molecule has 0 atom stereocenters. The summed E-state index contributed by atoms with van der Waals surface area (Å²) in [6.07, 6.45) is 3.00. The quantitative estimate of drug-likeness (QED) is 0.349. The molecule has 0 unspecified atom stereocenters. The van der Waals surface area contributed by atoms with Crippen LogP contribution < -0.4 is 5.36 Å². The molecule has 0 amide bonds. The number of rotatable bonds is 3. The van der Waals surface area contributed by atoms with Crippen LogP contribution in [0.5, 0.6) is 0 Å². The Morgan fingerprint density at radius 2 is 1.83 bits per heavy atom. The fourth-order valence-corrected chi connectivity index (χ4v) is 2.13. The van der Waals surface area contributed by atoms with E-state index in [0.29, 0.717) is 16.4 Å². The van der Waals surface area contributed by atoms with E-state index in [1.54, 1.807) is 24.3 Å². The van der Waals surface area contributed by atoms with Crippen LogP contribution in [0.25, 0.3) is 10.9 Å². The summed E-state index contributed by atoms with van der Waals surface area (Å²) in [5.74, 6) is 0. The fourth-order valence-electron chi connectivity index (χ4n) is 2.13. The average Bonchev–Trinajstić information content (AvgIpc) is 2.58. The third kappa shape index (κ3) is 3.08. The second kappa shape index (κ2) is 6.10. The molecule has 0 aliphatic heterocycles. The number of benzene rings is 2. The van der Waals surface area contributed by atoms with E-state index in [1.165, 1.54) is 24.5 Å². The molecule has 0 aliphatic carbocycles. The summed E-state index contributed by atoms with van der Waals surface area (Å²) in [5, 5.41) is 29.9. The lowest BCUT2D eigenvalue weighted by atomic mass is 10.2. The Morgan fingerprint density at radius 1 is 1.09 bits per heavy atom. The van der Waals surface area contributed by atoms with Gasteiger partial charge in [0.2, 0.25) is 0 Å². The zero-order valence-corrected chi connectivity index (χ0v) is 11.9. The SMILES string of the molecule is O=[N+]([O-])c1ccc(/C=N/N=c2\ccn(O)c3ccccc23)cc1. The summed E-state index contributed by atoms with van der Waals surface area (Å²) in [5.41, 5.74) is 1.36. The first-order valence-corrected chi connectivity index (χ1v) is 6.76. The van der Waals surface area contributed by atoms with Crippen LogP contribution in [0.3, 0.4) is 0 Å². The number of pyridine rings is 1. The maximum absolute atomic E-state index is 10.6. The van der Waals surface area contributed by atoms with Gasteiger partial charge in [0.05, 0.1) is 22.0 Å². The molecule has 0 aliphatic rings. The highest BCUT2D eigenvalue weighted by molar-refractivity contribution is 5.80. The molecule has 3 aromatic rings. The summed E-state index contributed by atoms with van der Waals surface area (Å²) in [4.78, 5) is 10.1. The summed E-state index contributed by atoms with van der Waals surface area (Å²) in [7, 11) is 0. The van der Waals surface area contributed by atoms with Gasteiger partial charge in [-0.2, -0.15) is 14.9 Å². The van der Waals surface area contributed by atoms with Crippen LogP contribution in [0.4, 0.5) is 5.69 Å². The Labute approximate surface area is 130 Å². The molecule has 1 heterocycles. The number of nitro groups is 1. The minimum atomic E-state index is -0.453. The summed E-state index contributed by atoms with van der Waals surface area (Å²) < 4.78 is 1.02. The van der Waals surface area contributed by atoms with Crippen molar-refractivity contribution in [3.8, 4) is 0 Å². The van der Waals surface area contributed by atoms with E-state index in [2.05, 4.69) is 10.2 Å². The molecule has 2 aromatic carbocycles. The largest absolute Gasteiger partial charge is 0.428 e. The molecular formula is C16H12N4O3.